The Morgan fingerprint density at radius 2 is 2.19 bits per heavy atom. The molecule has 21 heavy (non-hydrogen) atoms. The molecule has 1 fully saturated rings. The van der Waals surface area contributed by atoms with E-state index in [9.17, 15) is 4.79 Å². The molecule has 3 N–H and O–H groups in total. The van der Waals surface area contributed by atoms with Crippen LogP contribution in [0, 0.1) is 5.92 Å². The summed E-state index contributed by atoms with van der Waals surface area (Å²) in [7, 11) is 0. The highest BCUT2D eigenvalue weighted by molar-refractivity contribution is 7.10. The summed E-state index contributed by atoms with van der Waals surface area (Å²) in [6.45, 7) is 2.85. The van der Waals surface area contributed by atoms with Crippen LogP contribution >= 0.6 is 23.7 Å². The van der Waals surface area contributed by atoms with Crippen LogP contribution in [0.25, 0.3) is 0 Å². The predicted molar refractivity (Wildman–Crippen MR) is 90.5 cm³/mol. The summed E-state index contributed by atoms with van der Waals surface area (Å²) in [4.78, 5) is 14.0. The smallest absolute Gasteiger partial charge is 0.252 e. The highest BCUT2D eigenvalue weighted by atomic mass is 35.5. The van der Waals surface area contributed by atoms with Gasteiger partial charge in [-0.3, -0.25) is 4.79 Å². The van der Waals surface area contributed by atoms with E-state index in [-0.39, 0.29) is 23.9 Å². The van der Waals surface area contributed by atoms with E-state index in [1.807, 2.05) is 0 Å². The topological polar surface area (TPSA) is 55.1 Å². The van der Waals surface area contributed by atoms with Crippen LogP contribution in [0.3, 0.4) is 0 Å². The fraction of sp³-hybridized carbons (Fsp3) is 0.688. The number of thiophene rings is 1. The monoisotopic (exact) mass is 328 g/mol. The van der Waals surface area contributed by atoms with Gasteiger partial charge < -0.3 is 11.1 Å². The molecule has 1 aromatic rings. The zero-order valence-corrected chi connectivity index (χ0v) is 14.2. The minimum atomic E-state index is -0.145. The molecule has 1 heterocycles. The van der Waals surface area contributed by atoms with Gasteiger partial charge in [0.25, 0.3) is 5.91 Å². The zero-order valence-electron chi connectivity index (χ0n) is 12.6. The Kier molecular flexibility index (Phi) is 5.33. The van der Waals surface area contributed by atoms with Crippen LogP contribution in [0.5, 0.6) is 0 Å². The molecule has 118 valence electrons. The number of rotatable bonds is 3. The van der Waals surface area contributed by atoms with Gasteiger partial charge >= 0.3 is 0 Å². The molecular weight excluding hydrogens is 304 g/mol. The summed E-state index contributed by atoms with van der Waals surface area (Å²) in [5.41, 5.74) is 7.98. The molecule has 2 aliphatic rings. The number of fused-ring (bicyclic) bond motifs is 1. The molecular formula is C16H25ClN2OS. The van der Waals surface area contributed by atoms with Gasteiger partial charge in [-0.15, -0.1) is 23.7 Å². The number of carbonyl (C=O) groups excluding carboxylic acids is 1. The van der Waals surface area contributed by atoms with Gasteiger partial charge in [0.15, 0.2) is 0 Å². The van der Waals surface area contributed by atoms with Crippen molar-refractivity contribution in [3.8, 4) is 0 Å². The Labute approximate surface area is 137 Å². The Balaban J connectivity index is 0.00000161. The number of nitrogens with one attached hydrogen (secondary N) is 1. The number of hydrogen-bond acceptors (Lipinski definition) is 3. The SMILES string of the molecule is CC1CCc2c(C(=O)NC3(CN)CCCC3)csc2C1.Cl. The molecule has 0 aliphatic heterocycles. The highest BCUT2D eigenvalue weighted by Gasteiger charge is 2.35. The van der Waals surface area contributed by atoms with Gasteiger partial charge in [0.1, 0.15) is 0 Å². The Hall–Kier alpha value is -0.580. The van der Waals surface area contributed by atoms with Crippen LogP contribution in [0.4, 0.5) is 0 Å². The van der Waals surface area contributed by atoms with Crippen molar-refractivity contribution < 1.29 is 4.79 Å². The second-order valence-corrected chi connectivity index (χ2v) is 7.51. The predicted octanol–water partition coefficient (Wildman–Crippen LogP) is 3.30. The van der Waals surface area contributed by atoms with E-state index in [0.717, 1.165) is 37.2 Å². The molecule has 1 amide bonds. The summed E-state index contributed by atoms with van der Waals surface area (Å²) in [5, 5.41) is 5.30. The fourth-order valence-electron chi connectivity index (χ4n) is 3.61. The number of amides is 1. The van der Waals surface area contributed by atoms with E-state index in [1.54, 1.807) is 11.3 Å². The maximum absolute atomic E-state index is 12.6. The second-order valence-electron chi connectivity index (χ2n) is 6.54. The Bertz CT molecular complexity index is 508. The molecule has 3 nitrogen and oxygen atoms in total. The van der Waals surface area contributed by atoms with E-state index in [0.29, 0.717) is 6.54 Å². The first-order chi connectivity index (χ1) is 9.63. The number of halogens is 1. The van der Waals surface area contributed by atoms with Crippen LogP contribution in [-0.2, 0) is 12.8 Å². The average molecular weight is 329 g/mol. The molecule has 0 bridgehead atoms. The lowest BCUT2D eigenvalue weighted by Crippen LogP contribution is -2.51. The maximum atomic E-state index is 12.6. The number of hydrogen-bond donors (Lipinski definition) is 2. The summed E-state index contributed by atoms with van der Waals surface area (Å²) < 4.78 is 0. The maximum Gasteiger partial charge on any atom is 0.252 e. The molecule has 2 aliphatic carbocycles. The van der Waals surface area contributed by atoms with Crippen molar-refractivity contribution in [3.05, 3.63) is 21.4 Å². The van der Waals surface area contributed by atoms with Gasteiger partial charge in [0.05, 0.1) is 11.1 Å². The first-order valence-corrected chi connectivity index (χ1v) is 8.63. The molecule has 0 aromatic carbocycles. The van der Waals surface area contributed by atoms with Gasteiger partial charge in [-0.05, 0) is 43.6 Å². The van der Waals surface area contributed by atoms with Gasteiger partial charge in [-0.2, -0.15) is 0 Å². The molecule has 1 saturated carbocycles. The van der Waals surface area contributed by atoms with E-state index >= 15 is 0 Å². The van der Waals surface area contributed by atoms with Gasteiger partial charge in [0, 0.05) is 16.8 Å². The van der Waals surface area contributed by atoms with Crippen LogP contribution in [-0.4, -0.2) is 18.0 Å². The molecule has 0 saturated heterocycles. The Morgan fingerprint density at radius 3 is 2.86 bits per heavy atom. The zero-order chi connectivity index (χ0) is 14.2. The number of carbonyl (C=O) groups is 1. The van der Waals surface area contributed by atoms with Crippen molar-refractivity contribution in [1.82, 2.24) is 5.32 Å². The van der Waals surface area contributed by atoms with Crippen molar-refractivity contribution in [2.75, 3.05) is 6.54 Å². The highest BCUT2D eigenvalue weighted by Crippen LogP contribution is 2.34. The molecule has 5 heteroatoms. The van der Waals surface area contributed by atoms with Crippen LogP contribution in [0.1, 0.15) is 59.8 Å². The van der Waals surface area contributed by atoms with Crippen molar-refractivity contribution in [2.24, 2.45) is 11.7 Å². The third-order valence-electron chi connectivity index (χ3n) is 4.98. The van der Waals surface area contributed by atoms with Crippen LogP contribution in [0.15, 0.2) is 5.38 Å². The quantitative estimate of drug-likeness (QED) is 0.894. The van der Waals surface area contributed by atoms with Crippen molar-refractivity contribution in [2.45, 2.75) is 57.4 Å². The summed E-state index contributed by atoms with van der Waals surface area (Å²) in [5.74, 6) is 0.853. The lowest BCUT2D eigenvalue weighted by Gasteiger charge is -2.29. The van der Waals surface area contributed by atoms with Crippen molar-refractivity contribution in [3.63, 3.8) is 0 Å². The lowest BCUT2D eigenvalue weighted by atomic mass is 9.88. The second kappa shape index (κ2) is 6.67. The molecule has 0 radical (unpaired) electrons. The standard InChI is InChI=1S/C16H24N2OS.ClH/c1-11-4-5-12-13(9-20-14(12)8-11)15(19)18-16(10-17)6-2-3-7-16;/h9,11H,2-8,10,17H2,1H3,(H,18,19);1H. The minimum absolute atomic E-state index is 0. The molecule has 1 atom stereocenters. The molecule has 0 spiro atoms. The molecule has 3 rings (SSSR count). The fourth-order valence-corrected chi connectivity index (χ4v) is 4.85. The first-order valence-electron chi connectivity index (χ1n) is 7.75. The number of nitrogens with two attached hydrogens (primary N) is 1. The first kappa shape index (κ1) is 16.8. The summed E-state index contributed by atoms with van der Waals surface area (Å²) in [6, 6.07) is 0. The van der Waals surface area contributed by atoms with Crippen LogP contribution < -0.4 is 11.1 Å². The summed E-state index contributed by atoms with van der Waals surface area (Å²) in [6.07, 6.45) is 7.80. The van der Waals surface area contributed by atoms with E-state index in [1.165, 1.54) is 29.7 Å². The third kappa shape index (κ3) is 3.27. The van der Waals surface area contributed by atoms with E-state index in [4.69, 9.17) is 5.73 Å². The van der Waals surface area contributed by atoms with Crippen molar-refractivity contribution in [1.29, 1.82) is 0 Å². The Morgan fingerprint density at radius 1 is 1.48 bits per heavy atom. The van der Waals surface area contributed by atoms with E-state index < -0.39 is 0 Å². The van der Waals surface area contributed by atoms with Crippen molar-refractivity contribution >= 4 is 29.7 Å². The largest absolute Gasteiger partial charge is 0.345 e. The third-order valence-corrected chi connectivity index (χ3v) is 6.03. The van der Waals surface area contributed by atoms with Gasteiger partial charge in [0.2, 0.25) is 0 Å². The lowest BCUT2D eigenvalue weighted by molar-refractivity contribution is 0.0902. The normalized spacial score (nSPS) is 23.2. The average Bonchev–Trinajstić information content (AvgIpc) is 3.05. The van der Waals surface area contributed by atoms with E-state index in [2.05, 4.69) is 17.6 Å². The summed E-state index contributed by atoms with van der Waals surface area (Å²) >= 11 is 1.76. The van der Waals surface area contributed by atoms with Crippen LogP contribution in [0.2, 0.25) is 0 Å². The van der Waals surface area contributed by atoms with Gasteiger partial charge in [-0.1, -0.05) is 19.8 Å². The minimum Gasteiger partial charge on any atom is -0.345 e. The molecule has 1 aromatic heterocycles. The van der Waals surface area contributed by atoms with Gasteiger partial charge in [-0.25, -0.2) is 0 Å². The molecule has 1 unspecified atom stereocenters.